The zero-order valence-corrected chi connectivity index (χ0v) is 24.4. The van der Waals surface area contributed by atoms with Gasteiger partial charge in [0, 0.05) is 53.5 Å². The molecule has 1 heterocycles. The molecule has 2 N–H and O–H groups in total. The predicted octanol–water partition coefficient (Wildman–Crippen LogP) is 6.90. The number of hydrogen-bond donors (Lipinski definition) is 2. The van der Waals surface area contributed by atoms with Crippen LogP contribution >= 0.6 is 23.2 Å². The number of Topliss-reactive ketones (excluding diaryl/α,β-unsaturated/α-hetero) is 2. The van der Waals surface area contributed by atoms with Crippen molar-refractivity contribution in [3.05, 3.63) is 74.7 Å². The summed E-state index contributed by atoms with van der Waals surface area (Å²) in [6, 6.07) is 8.87. The van der Waals surface area contributed by atoms with Gasteiger partial charge in [0.1, 0.15) is 16.4 Å². The molecule has 0 aromatic heterocycles. The topological polar surface area (TPSA) is 110 Å². The molecule has 0 amide bonds. The van der Waals surface area contributed by atoms with Gasteiger partial charge in [0.05, 0.1) is 5.02 Å². The van der Waals surface area contributed by atoms with E-state index >= 15 is 0 Å². The fourth-order valence-electron chi connectivity index (χ4n) is 5.71. The number of carbonyl (C=O) groups is 2. The summed E-state index contributed by atoms with van der Waals surface area (Å²) in [5.41, 5.74) is 1.40. The molecule has 5 rings (SSSR count). The first-order valence-corrected chi connectivity index (χ1v) is 14.8. The highest BCUT2D eigenvalue weighted by Crippen LogP contribution is 2.53. The maximum atomic E-state index is 13.4. The monoisotopic (exact) mass is 589 g/mol. The molecule has 0 radical (unpaired) electrons. The number of benzene rings is 2. The van der Waals surface area contributed by atoms with Crippen LogP contribution in [-0.2, 0) is 24.3 Å². The molecule has 0 fully saturated rings. The van der Waals surface area contributed by atoms with Gasteiger partial charge in [-0.25, -0.2) is 8.42 Å². The Bertz CT molecular complexity index is 1530. The van der Waals surface area contributed by atoms with Gasteiger partial charge >= 0.3 is 0 Å². The van der Waals surface area contributed by atoms with Gasteiger partial charge < -0.3 is 9.84 Å². The van der Waals surface area contributed by atoms with E-state index in [4.69, 9.17) is 27.9 Å². The Labute approximate surface area is 237 Å². The Hall–Kier alpha value is -2.81. The summed E-state index contributed by atoms with van der Waals surface area (Å²) in [6.45, 7) is 8.11. The highest BCUT2D eigenvalue weighted by molar-refractivity contribution is 7.92. The van der Waals surface area contributed by atoms with E-state index in [1.807, 2.05) is 27.7 Å². The predicted molar refractivity (Wildman–Crippen MR) is 149 cm³/mol. The van der Waals surface area contributed by atoms with Crippen molar-refractivity contribution in [2.24, 2.45) is 10.8 Å². The van der Waals surface area contributed by atoms with Gasteiger partial charge in [-0.2, -0.15) is 0 Å². The van der Waals surface area contributed by atoms with Crippen molar-refractivity contribution in [2.75, 3.05) is 4.72 Å². The quantitative estimate of drug-likeness (QED) is 0.401. The summed E-state index contributed by atoms with van der Waals surface area (Å²) in [5, 5.41) is 10.1. The summed E-state index contributed by atoms with van der Waals surface area (Å²) in [6.07, 6.45) is 1.86. The van der Waals surface area contributed by atoms with Crippen molar-refractivity contribution in [1.82, 2.24) is 0 Å². The number of halogens is 2. The zero-order valence-electron chi connectivity index (χ0n) is 22.0. The first-order chi connectivity index (χ1) is 18.1. The number of ether oxygens (including phenoxy) is 1. The van der Waals surface area contributed by atoms with Crippen LogP contribution in [-0.4, -0.2) is 25.1 Å². The summed E-state index contributed by atoms with van der Waals surface area (Å²) >= 11 is 11.9. The van der Waals surface area contributed by atoms with Crippen LogP contribution in [0.15, 0.2) is 64.0 Å². The molecule has 206 valence electrons. The van der Waals surface area contributed by atoms with Crippen molar-refractivity contribution < 1.29 is 27.9 Å². The molecule has 0 spiro atoms. The average molecular weight is 591 g/mol. The Kier molecular flexibility index (Phi) is 6.68. The number of allylic oxidation sites excluding steroid dienone is 4. The number of carbonyl (C=O) groups excluding carboxylic acids is 2. The third kappa shape index (κ3) is 5.22. The molecule has 2 aromatic carbocycles. The van der Waals surface area contributed by atoms with E-state index in [-0.39, 0.29) is 38.1 Å². The fourth-order valence-corrected chi connectivity index (χ4v) is 7.53. The van der Waals surface area contributed by atoms with Crippen molar-refractivity contribution in [1.29, 1.82) is 0 Å². The lowest BCUT2D eigenvalue weighted by atomic mass is 9.65. The molecule has 2 aliphatic carbocycles. The maximum absolute atomic E-state index is 13.4. The fraction of sp³-hybridized carbons (Fsp3) is 0.379. The summed E-state index contributed by atoms with van der Waals surface area (Å²) in [7, 11) is -4.22. The van der Waals surface area contributed by atoms with Crippen molar-refractivity contribution in [2.45, 2.75) is 64.2 Å². The van der Waals surface area contributed by atoms with E-state index in [9.17, 15) is 23.1 Å². The number of sulfonamides is 1. The standard InChI is InChI=1S/C29H29Cl2NO6S/c1-28(2)11-19(33)25-21(13-28)38-22-14-29(3,4)12-20(34)26(22)24(25)15-5-7-17(8-6-15)32-39(36,37)23-10-16(30)9-18(31)27(23)35/h5-10,24,32,35H,11-14H2,1-4H3. The normalized spacial score (nSPS) is 20.9. The zero-order chi connectivity index (χ0) is 28.5. The number of aromatic hydroxyl groups is 1. The molecule has 10 heteroatoms. The molecular weight excluding hydrogens is 561 g/mol. The smallest absolute Gasteiger partial charge is 0.265 e. The first-order valence-electron chi connectivity index (χ1n) is 12.6. The number of phenolic OH excluding ortho intramolecular Hbond substituents is 1. The lowest BCUT2D eigenvalue weighted by Gasteiger charge is -2.42. The van der Waals surface area contributed by atoms with Crippen molar-refractivity contribution >= 4 is 50.5 Å². The molecule has 39 heavy (non-hydrogen) atoms. The van der Waals surface area contributed by atoms with Crippen LogP contribution in [0.5, 0.6) is 5.75 Å². The van der Waals surface area contributed by atoms with Gasteiger partial charge in [-0.3, -0.25) is 14.3 Å². The van der Waals surface area contributed by atoms with E-state index in [1.54, 1.807) is 24.3 Å². The number of hydrogen-bond acceptors (Lipinski definition) is 6. The average Bonchev–Trinajstić information content (AvgIpc) is 2.78. The summed E-state index contributed by atoms with van der Waals surface area (Å²) in [5.74, 6) is -0.0598. The lowest BCUT2D eigenvalue weighted by molar-refractivity contribution is -0.120. The van der Waals surface area contributed by atoms with Crippen LogP contribution in [0.25, 0.3) is 0 Å². The molecular formula is C29H29Cl2NO6S. The van der Waals surface area contributed by atoms with Crippen LogP contribution in [0.4, 0.5) is 5.69 Å². The number of anilines is 1. The van der Waals surface area contributed by atoms with Gasteiger partial charge in [-0.05, 0) is 40.7 Å². The third-order valence-corrected chi connectivity index (χ3v) is 9.26. The van der Waals surface area contributed by atoms with Gasteiger partial charge in [0.25, 0.3) is 10.0 Å². The Morgan fingerprint density at radius 3 is 1.90 bits per heavy atom. The molecule has 0 atom stereocenters. The largest absolute Gasteiger partial charge is 0.505 e. The summed E-state index contributed by atoms with van der Waals surface area (Å²) in [4.78, 5) is 26.4. The summed E-state index contributed by atoms with van der Waals surface area (Å²) < 4.78 is 34.7. The van der Waals surface area contributed by atoms with Crippen LogP contribution < -0.4 is 4.72 Å². The van der Waals surface area contributed by atoms with Gasteiger partial charge in [0.2, 0.25) is 0 Å². The second-order valence-electron chi connectivity index (χ2n) is 12.1. The van der Waals surface area contributed by atoms with E-state index in [1.165, 1.54) is 6.07 Å². The van der Waals surface area contributed by atoms with E-state index in [0.29, 0.717) is 53.9 Å². The number of ketones is 2. The molecule has 0 unspecified atom stereocenters. The lowest BCUT2D eigenvalue weighted by Crippen LogP contribution is -2.37. The van der Waals surface area contributed by atoms with Gasteiger partial charge in [0.15, 0.2) is 17.3 Å². The molecule has 7 nitrogen and oxygen atoms in total. The molecule has 3 aliphatic rings. The Morgan fingerprint density at radius 2 is 1.38 bits per heavy atom. The minimum Gasteiger partial charge on any atom is -0.505 e. The number of nitrogens with one attached hydrogen (secondary N) is 1. The molecule has 2 aromatic rings. The third-order valence-electron chi connectivity index (χ3n) is 7.36. The van der Waals surface area contributed by atoms with Gasteiger partial charge in [-0.1, -0.05) is 63.0 Å². The molecule has 0 bridgehead atoms. The minimum atomic E-state index is -4.22. The number of phenols is 1. The SMILES string of the molecule is CC1(C)CC(=O)C2=C(C1)OC1=C(C(=O)CC(C)(C)C1)C2c1ccc(NS(=O)(=O)c2cc(Cl)cc(Cl)c2O)cc1. The Morgan fingerprint density at radius 1 is 0.872 bits per heavy atom. The minimum absolute atomic E-state index is 0.0477. The highest BCUT2D eigenvalue weighted by atomic mass is 35.5. The second kappa shape index (κ2) is 9.39. The van der Waals surface area contributed by atoms with Crippen molar-refractivity contribution in [3.8, 4) is 5.75 Å². The number of rotatable bonds is 4. The van der Waals surface area contributed by atoms with E-state index < -0.39 is 26.6 Å². The Balaban J connectivity index is 1.54. The van der Waals surface area contributed by atoms with E-state index in [2.05, 4.69) is 4.72 Å². The maximum Gasteiger partial charge on any atom is 0.265 e. The van der Waals surface area contributed by atoms with Crippen LogP contribution in [0, 0.1) is 10.8 Å². The molecule has 0 saturated heterocycles. The van der Waals surface area contributed by atoms with Crippen LogP contribution in [0.3, 0.4) is 0 Å². The van der Waals surface area contributed by atoms with Crippen LogP contribution in [0.1, 0.15) is 64.9 Å². The van der Waals surface area contributed by atoms with Crippen molar-refractivity contribution in [3.63, 3.8) is 0 Å². The van der Waals surface area contributed by atoms with E-state index in [0.717, 1.165) is 6.07 Å². The molecule has 0 saturated carbocycles. The van der Waals surface area contributed by atoms with Gasteiger partial charge in [-0.15, -0.1) is 0 Å². The molecule has 1 aliphatic heterocycles. The van der Waals surface area contributed by atoms with Crippen LogP contribution in [0.2, 0.25) is 10.0 Å². The second-order valence-corrected chi connectivity index (χ2v) is 14.5. The first kappa shape index (κ1) is 27.7. The highest BCUT2D eigenvalue weighted by Gasteiger charge is 2.47.